The average molecular weight is 458 g/mol. The molecule has 0 saturated carbocycles. The van der Waals surface area contributed by atoms with E-state index in [0.29, 0.717) is 5.39 Å². The van der Waals surface area contributed by atoms with Crippen LogP contribution in [0.2, 0.25) is 0 Å². The Balaban J connectivity index is 1.99. The van der Waals surface area contributed by atoms with Crippen molar-refractivity contribution < 1.29 is 31.0 Å². The zero-order chi connectivity index (χ0) is 22.4. The first kappa shape index (κ1) is 20.9. The predicted molar refractivity (Wildman–Crippen MR) is 113 cm³/mol. The number of aromatic hydroxyl groups is 1. The molecule has 11 heteroatoms. The maximum atomic E-state index is 12.1. The van der Waals surface area contributed by atoms with Crippen molar-refractivity contribution in [2.75, 3.05) is 0 Å². The van der Waals surface area contributed by atoms with E-state index in [4.69, 9.17) is 0 Å². The van der Waals surface area contributed by atoms with Crippen LogP contribution in [0.3, 0.4) is 0 Å². The molecule has 0 aromatic heterocycles. The Bertz CT molecular complexity index is 1600. The van der Waals surface area contributed by atoms with Gasteiger partial charge in [0.05, 0.1) is 0 Å². The highest BCUT2D eigenvalue weighted by molar-refractivity contribution is 7.86. The summed E-state index contributed by atoms with van der Waals surface area (Å²) in [7, 11) is -9.53. The van der Waals surface area contributed by atoms with Gasteiger partial charge < -0.3 is 5.11 Å². The quantitative estimate of drug-likeness (QED) is 0.298. The fraction of sp³-hybridized carbons (Fsp3) is 0. The van der Waals surface area contributed by atoms with E-state index in [-0.39, 0.29) is 27.9 Å². The summed E-state index contributed by atoms with van der Waals surface area (Å²) in [6.45, 7) is 0. The van der Waals surface area contributed by atoms with E-state index in [0.717, 1.165) is 17.5 Å². The summed E-state index contributed by atoms with van der Waals surface area (Å²) >= 11 is 0. The molecule has 31 heavy (non-hydrogen) atoms. The molecule has 158 valence electrons. The first-order valence-electron chi connectivity index (χ1n) is 8.70. The van der Waals surface area contributed by atoms with E-state index in [1.807, 2.05) is 0 Å². The third kappa shape index (κ3) is 3.86. The van der Waals surface area contributed by atoms with Crippen molar-refractivity contribution in [1.82, 2.24) is 0 Å². The fourth-order valence-corrected chi connectivity index (χ4v) is 4.85. The lowest BCUT2D eigenvalue weighted by Gasteiger charge is -2.10. The molecule has 0 aliphatic rings. The van der Waals surface area contributed by atoms with Gasteiger partial charge in [-0.15, -0.1) is 10.2 Å². The number of benzene rings is 4. The normalized spacial score (nSPS) is 12.7. The third-order valence-electron chi connectivity index (χ3n) is 4.62. The lowest BCUT2D eigenvalue weighted by molar-refractivity contribution is 0.477. The monoisotopic (exact) mass is 458 g/mol. The van der Waals surface area contributed by atoms with Gasteiger partial charge in [-0.3, -0.25) is 9.11 Å². The molecule has 4 rings (SSSR count). The van der Waals surface area contributed by atoms with E-state index in [2.05, 4.69) is 10.2 Å². The minimum Gasteiger partial charge on any atom is -0.506 e. The predicted octanol–water partition coefficient (Wildman–Crippen LogP) is 4.61. The van der Waals surface area contributed by atoms with Gasteiger partial charge in [-0.05, 0) is 23.6 Å². The molecule has 0 unspecified atom stereocenters. The molecule has 0 aliphatic carbocycles. The van der Waals surface area contributed by atoms with E-state index >= 15 is 0 Å². The van der Waals surface area contributed by atoms with Crippen LogP contribution in [0, 0.1) is 0 Å². The zero-order valence-electron chi connectivity index (χ0n) is 15.5. The standard InChI is InChI=1S/C20H14N2O7S2/c23-17-11-8-12-4-1-2-5-13(12)19(17)22-21-16-10-9-14-15(20(16)31(27,28)29)6-3-7-18(14)30(24,25)26/h1-11,23H,(H,24,25,26)(H,27,28,29). The lowest BCUT2D eigenvalue weighted by Crippen LogP contribution is -2.03. The number of hydrogen-bond acceptors (Lipinski definition) is 7. The molecule has 4 aromatic rings. The maximum absolute atomic E-state index is 12.1. The second-order valence-electron chi connectivity index (χ2n) is 6.57. The zero-order valence-corrected chi connectivity index (χ0v) is 17.2. The Morgan fingerprint density at radius 1 is 0.645 bits per heavy atom. The van der Waals surface area contributed by atoms with Crippen molar-refractivity contribution in [1.29, 1.82) is 0 Å². The topological polar surface area (TPSA) is 154 Å². The molecule has 0 bridgehead atoms. The summed E-state index contributed by atoms with van der Waals surface area (Å²) in [5, 5.41) is 19.1. The molecule has 9 nitrogen and oxygen atoms in total. The van der Waals surface area contributed by atoms with Crippen molar-refractivity contribution in [2.45, 2.75) is 9.79 Å². The van der Waals surface area contributed by atoms with Crippen molar-refractivity contribution >= 4 is 53.2 Å². The van der Waals surface area contributed by atoms with Crippen molar-refractivity contribution in [2.24, 2.45) is 10.2 Å². The van der Waals surface area contributed by atoms with Gasteiger partial charge in [0.15, 0.2) is 0 Å². The highest BCUT2D eigenvalue weighted by Gasteiger charge is 2.23. The molecule has 3 N–H and O–H groups in total. The molecule has 4 aromatic carbocycles. The van der Waals surface area contributed by atoms with Crippen molar-refractivity contribution in [3.05, 3.63) is 66.7 Å². The molecular formula is C20H14N2O7S2. The summed E-state index contributed by atoms with van der Waals surface area (Å²) in [5.41, 5.74) is -0.194. The highest BCUT2D eigenvalue weighted by Crippen LogP contribution is 2.39. The SMILES string of the molecule is O=S(=O)(O)c1cccc2c(S(=O)(=O)O)c(N=Nc3c(O)ccc4ccccc34)ccc12. The highest BCUT2D eigenvalue weighted by atomic mass is 32.2. The van der Waals surface area contributed by atoms with Crippen LogP contribution in [0.4, 0.5) is 11.4 Å². The number of rotatable bonds is 4. The van der Waals surface area contributed by atoms with Crippen LogP contribution in [0.1, 0.15) is 0 Å². The van der Waals surface area contributed by atoms with Gasteiger partial charge in [-0.25, -0.2) is 0 Å². The van der Waals surface area contributed by atoms with Gasteiger partial charge in [0, 0.05) is 16.2 Å². The minimum atomic E-state index is -4.87. The second-order valence-corrected chi connectivity index (χ2v) is 9.32. The van der Waals surface area contributed by atoms with Crippen LogP contribution in [0.5, 0.6) is 5.75 Å². The summed E-state index contributed by atoms with van der Waals surface area (Å²) in [6.07, 6.45) is 0. The van der Waals surface area contributed by atoms with Crippen molar-refractivity contribution in [3.8, 4) is 5.75 Å². The first-order valence-corrected chi connectivity index (χ1v) is 11.6. The van der Waals surface area contributed by atoms with E-state index in [1.54, 1.807) is 30.3 Å². The number of phenols is 1. The van der Waals surface area contributed by atoms with Crippen LogP contribution in [0.25, 0.3) is 21.5 Å². The largest absolute Gasteiger partial charge is 0.506 e. The Morgan fingerprint density at radius 2 is 1.35 bits per heavy atom. The van der Waals surface area contributed by atoms with Gasteiger partial charge in [-0.1, -0.05) is 48.5 Å². The average Bonchev–Trinajstić information content (AvgIpc) is 2.70. The van der Waals surface area contributed by atoms with Gasteiger partial charge in [-0.2, -0.15) is 16.8 Å². The van der Waals surface area contributed by atoms with E-state index in [9.17, 15) is 31.0 Å². The summed E-state index contributed by atoms with van der Waals surface area (Å²) < 4.78 is 66.7. The van der Waals surface area contributed by atoms with Crippen molar-refractivity contribution in [3.63, 3.8) is 0 Å². The summed E-state index contributed by atoms with van der Waals surface area (Å²) in [5.74, 6) is -0.190. The molecular weight excluding hydrogens is 444 g/mol. The Kier molecular flexibility index (Phi) is 4.98. The van der Waals surface area contributed by atoms with Gasteiger partial charge in [0.2, 0.25) is 0 Å². The van der Waals surface area contributed by atoms with Gasteiger partial charge in [0.25, 0.3) is 20.2 Å². The number of phenolic OH excluding ortho intramolecular Hbond substituents is 1. The second kappa shape index (κ2) is 7.39. The lowest BCUT2D eigenvalue weighted by atomic mass is 10.1. The molecule has 0 amide bonds. The Morgan fingerprint density at radius 3 is 2.06 bits per heavy atom. The Labute approximate surface area is 176 Å². The molecule has 0 fully saturated rings. The molecule has 0 atom stereocenters. The van der Waals surface area contributed by atoms with Crippen LogP contribution in [-0.2, 0) is 20.2 Å². The molecule has 0 aliphatic heterocycles. The number of nitrogens with zero attached hydrogens (tertiary/aromatic N) is 2. The maximum Gasteiger partial charge on any atom is 0.297 e. The number of fused-ring (bicyclic) bond motifs is 2. The summed E-state index contributed by atoms with van der Waals surface area (Å²) in [4.78, 5) is -1.20. The van der Waals surface area contributed by atoms with Crippen LogP contribution in [-0.4, -0.2) is 31.0 Å². The Hall–Kier alpha value is -3.38. The number of azo groups is 1. The first-order chi connectivity index (χ1) is 14.6. The molecule has 0 spiro atoms. The molecule has 0 saturated heterocycles. The van der Waals surface area contributed by atoms with E-state index < -0.39 is 30.0 Å². The van der Waals surface area contributed by atoms with E-state index in [1.165, 1.54) is 24.3 Å². The molecule has 0 radical (unpaired) electrons. The minimum absolute atomic E-state index is 0.0890. The van der Waals surface area contributed by atoms with Gasteiger partial charge >= 0.3 is 0 Å². The summed E-state index contributed by atoms with van der Waals surface area (Å²) in [6, 6.07) is 16.1. The van der Waals surface area contributed by atoms with Gasteiger partial charge in [0.1, 0.15) is 26.9 Å². The third-order valence-corrected chi connectivity index (χ3v) is 6.48. The van der Waals surface area contributed by atoms with Crippen LogP contribution in [0.15, 0.2) is 86.7 Å². The van der Waals surface area contributed by atoms with Crippen LogP contribution >= 0.6 is 0 Å². The number of hydrogen-bond donors (Lipinski definition) is 3. The fourth-order valence-electron chi connectivity index (χ4n) is 3.32. The molecule has 0 heterocycles. The van der Waals surface area contributed by atoms with Crippen LogP contribution < -0.4 is 0 Å². The smallest absolute Gasteiger partial charge is 0.297 e.